The molecular formula is C9H11NO3. The van der Waals surface area contributed by atoms with Gasteiger partial charge in [-0.15, -0.1) is 0 Å². The molecule has 0 saturated heterocycles. The minimum absolute atomic E-state index is 0.0753. The van der Waals surface area contributed by atoms with Crippen LogP contribution in [0.2, 0.25) is 0 Å². The van der Waals surface area contributed by atoms with Crippen molar-refractivity contribution in [2.75, 3.05) is 0 Å². The lowest BCUT2D eigenvalue weighted by atomic mass is 10.3. The third-order valence-corrected chi connectivity index (χ3v) is 2.32. The van der Waals surface area contributed by atoms with Crippen LogP contribution in [0.4, 0.5) is 0 Å². The van der Waals surface area contributed by atoms with E-state index in [0.29, 0.717) is 23.5 Å². The Balaban J connectivity index is 2.05. The fraction of sp³-hybridized carbons (Fsp3) is 0.556. The highest BCUT2D eigenvalue weighted by molar-refractivity contribution is 5.69. The van der Waals surface area contributed by atoms with Gasteiger partial charge in [-0.25, -0.2) is 4.98 Å². The van der Waals surface area contributed by atoms with Gasteiger partial charge in [0.1, 0.15) is 12.2 Å². The van der Waals surface area contributed by atoms with Gasteiger partial charge in [0, 0.05) is 5.92 Å². The fourth-order valence-corrected chi connectivity index (χ4v) is 1.39. The number of aromatic nitrogens is 1. The molecule has 0 spiro atoms. The molecule has 0 unspecified atom stereocenters. The molecule has 0 aliphatic heterocycles. The van der Waals surface area contributed by atoms with E-state index in [1.807, 2.05) is 0 Å². The summed E-state index contributed by atoms with van der Waals surface area (Å²) in [6, 6.07) is 0. The lowest BCUT2D eigenvalue weighted by Gasteiger charge is -1.89. The first kappa shape index (κ1) is 8.29. The third-order valence-electron chi connectivity index (χ3n) is 2.32. The Morgan fingerprint density at radius 2 is 2.54 bits per heavy atom. The van der Waals surface area contributed by atoms with Crippen LogP contribution in [-0.4, -0.2) is 16.1 Å². The Morgan fingerprint density at radius 1 is 1.85 bits per heavy atom. The molecule has 0 radical (unpaired) electrons. The summed E-state index contributed by atoms with van der Waals surface area (Å²) >= 11 is 0. The minimum Gasteiger partial charge on any atom is -0.481 e. The van der Waals surface area contributed by atoms with Gasteiger partial charge in [0.2, 0.25) is 0 Å². The topological polar surface area (TPSA) is 63.3 Å². The van der Waals surface area contributed by atoms with Gasteiger partial charge in [-0.2, -0.15) is 0 Å². The van der Waals surface area contributed by atoms with Crippen molar-refractivity contribution < 1.29 is 14.3 Å². The van der Waals surface area contributed by atoms with Crippen LogP contribution in [0.1, 0.15) is 30.9 Å². The zero-order chi connectivity index (χ0) is 9.42. The first-order chi connectivity index (χ1) is 6.16. The zero-order valence-corrected chi connectivity index (χ0v) is 7.36. The number of aliphatic carboxylic acids is 1. The maximum Gasteiger partial charge on any atom is 0.311 e. The highest BCUT2D eigenvalue weighted by Crippen LogP contribution is 2.46. The highest BCUT2D eigenvalue weighted by atomic mass is 16.4. The lowest BCUT2D eigenvalue weighted by Crippen LogP contribution is -1.97. The summed E-state index contributed by atoms with van der Waals surface area (Å²) in [5.41, 5.74) is 0. The Bertz CT molecular complexity index is 331. The molecule has 2 atom stereocenters. The van der Waals surface area contributed by atoms with Gasteiger partial charge in [-0.05, 0) is 12.3 Å². The second kappa shape index (κ2) is 2.87. The first-order valence-corrected chi connectivity index (χ1v) is 4.33. The molecule has 0 amide bonds. The predicted molar refractivity (Wildman–Crippen MR) is 44.4 cm³/mol. The van der Waals surface area contributed by atoms with Crippen molar-refractivity contribution in [1.82, 2.24) is 4.98 Å². The van der Waals surface area contributed by atoms with Crippen LogP contribution in [0, 0.1) is 5.92 Å². The van der Waals surface area contributed by atoms with Gasteiger partial charge < -0.3 is 9.52 Å². The Kier molecular flexibility index (Phi) is 1.83. The molecule has 0 bridgehead atoms. The van der Waals surface area contributed by atoms with E-state index in [9.17, 15) is 4.79 Å². The van der Waals surface area contributed by atoms with Crippen LogP contribution in [-0.2, 0) is 11.2 Å². The first-order valence-electron chi connectivity index (χ1n) is 4.33. The summed E-state index contributed by atoms with van der Waals surface area (Å²) in [5.74, 6) is 1.32. The zero-order valence-electron chi connectivity index (χ0n) is 7.36. The van der Waals surface area contributed by atoms with E-state index in [1.165, 1.54) is 6.20 Å². The molecule has 4 nitrogen and oxygen atoms in total. The molecule has 0 aromatic carbocycles. The third kappa shape index (κ3) is 1.71. The molecule has 1 fully saturated rings. The maximum atomic E-state index is 10.3. The number of hydrogen-bond donors (Lipinski definition) is 1. The van der Waals surface area contributed by atoms with Crippen molar-refractivity contribution in [2.24, 2.45) is 5.92 Å². The van der Waals surface area contributed by atoms with Gasteiger partial charge in [0.25, 0.3) is 0 Å². The largest absolute Gasteiger partial charge is 0.481 e. The number of nitrogens with zero attached hydrogens (tertiary/aromatic N) is 1. The number of carbonyl (C=O) groups is 1. The summed E-state index contributed by atoms with van der Waals surface area (Å²) in [6.07, 6.45) is 2.54. The predicted octanol–water partition coefficient (Wildman–Crippen LogP) is 1.43. The van der Waals surface area contributed by atoms with E-state index in [4.69, 9.17) is 9.52 Å². The van der Waals surface area contributed by atoms with Crippen LogP contribution >= 0.6 is 0 Å². The molecule has 1 saturated carbocycles. The van der Waals surface area contributed by atoms with Crippen molar-refractivity contribution >= 4 is 5.97 Å². The summed E-state index contributed by atoms with van der Waals surface area (Å²) in [5, 5.41) is 8.49. The maximum absolute atomic E-state index is 10.3. The quantitative estimate of drug-likeness (QED) is 0.766. The Hall–Kier alpha value is -1.32. The molecule has 1 aromatic heterocycles. The van der Waals surface area contributed by atoms with E-state index < -0.39 is 5.97 Å². The van der Waals surface area contributed by atoms with E-state index in [-0.39, 0.29) is 6.42 Å². The van der Waals surface area contributed by atoms with Crippen LogP contribution in [0.3, 0.4) is 0 Å². The molecule has 13 heavy (non-hydrogen) atoms. The van der Waals surface area contributed by atoms with Crippen molar-refractivity contribution in [3.63, 3.8) is 0 Å². The van der Waals surface area contributed by atoms with Gasteiger partial charge in [0.05, 0.1) is 6.20 Å². The summed E-state index contributed by atoms with van der Waals surface area (Å²) in [7, 11) is 0. The van der Waals surface area contributed by atoms with E-state index >= 15 is 0 Å². The summed E-state index contributed by atoms with van der Waals surface area (Å²) in [4.78, 5) is 14.4. The van der Waals surface area contributed by atoms with Crippen LogP contribution < -0.4 is 0 Å². The normalized spacial score (nSPS) is 25.9. The number of oxazole rings is 1. The number of carboxylic acid groups (broad SMARTS) is 1. The molecule has 4 heteroatoms. The average molecular weight is 181 g/mol. The van der Waals surface area contributed by atoms with Gasteiger partial charge >= 0.3 is 5.97 Å². The van der Waals surface area contributed by atoms with Crippen molar-refractivity contribution in [1.29, 1.82) is 0 Å². The number of hydrogen-bond acceptors (Lipinski definition) is 3. The molecule has 1 heterocycles. The summed E-state index contributed by atoms with van der Waals surface area (Å²) < 4.78 is 5.30. The minimum atomic E-state index is -0.883. The van der Waals surface area contributed by atoms with Gasteiger partial charge in [-0.3, -0.25) is 4.79 Å². The smallest absolute Gasteiger partial charge is 0.311 e. The standard InChI is InChI=1S/C9H11NO3/c1-5-2-7(5)9-10-4-6(13-9)3-8(11)12/h4-5,7H,2-3H2,1H3,(H,11,12)/t5-,7-/m1/s1. The molecule has 1 aliphatic rings. The second-order valence-electron chi connectivity index (χ2n) is 3.55. The van der Waals surface area contributed by atoms with Crippen LogP contribution in [0.25, 0.3) is 0 Å². The Morgan fingerprint density at radius 3 is 3.08 bits per heavy atom. The van der Waals surface area contributed by atoms with E-state index in [1.54, 1.807) is 0 Å². The van der Waals surface area contributed by atoms with E-state index in [0.717, 1.165) is 6.42 Å². The lowest BCUT2D eigenvalue weighted by molar-refractivity contribution is -0.136. The number of carboxylic acids is 1. The van der Waals surface area contributed by atoms with Crippen LogP contribution in [0.15, 0.2) is 10.6 Å². The van der Waals surface area contributed by atoms with Crippen molar-refractivity contribution in [3.05, 3.63) is 17.8 Å². The van der Waals surface area contributed by atoms with Gasteiger partial charge in [-0.1, -0.05) is 6.92 Å². The molecule has 1 aromatic rings. The number of rotatable bonds is 3. The highest BCUT2D eigenvalue weighted by Gasteiger charge is 2.38. The molecule has 2 rings (SSSR count). The summed E-state index contributed by atoms with van der Waals surface area (Å²) in [6.45, 7) is 2.13. The SMILES string of the molecule is C[C@@H]1C[C@H]1c1ncc(CC(=O)O)o1. The molecule has 1 N–H and O–H groups in total. The molecule has 70 valence electrons. The monoisotopic (exact) mass is 181 g/mol. The fourth-order valence-electron chi connectivity index (χ4n) is 1.39. The van der Waals surface area contributed by atoms with E-state index in [2.05, 4.69) is 11.9 Å². The Labute approximate surface area is 75.6 Å². The van der Waals surface area contributed by atoms with Gasteiger partial charge in [0.15, 0.2) is 5.89 Å². The molecule has 1 aliphatic carbocycles. The van der Waals surface area contributed by atoms with Crippen LogP contribution in [0.5, 0.6) is 0 Å². The van der Waals surface area contributed by atoms with Crippen molar-refractivity contribution in [2.45, 2.75) is 25.7 Å². The van der Waals surface area contributed by atoms with Crippen molar-refractivity contribution in [3.8, 4) is 0 Å². The average Bonchev–Trinajstić information content (AvgIpc) is 2.60. The molecular weight excluding hydrogens is 170 g/mol. The second-order valence-corrected chi connectivity index (χ2v) is 3.55.